The van der Waals surface area contributed by atoms with Gasteiger partial charge in [-0.1, -0.05) is 0 Å². The van der Waals surface area contributed by atoms with Crippen molar-refractivity contribution >= 4 is 34.6 Å². The minimum Gasteiger partial charge on any atom is -0.486 e. The molecule has 1 amide bonds. The van der Waals surface area contributed by atoms with Crippen LogP contribution in [0.15, 0.2) is 47.8 Å². The Morgan fingerprint density at radius 2 is 1.94 bits per heavy atom. The average Bonchev–Trinajstić information content (AvgIpc) is 3.31. The molecule has 1 aliphatic heterocycles. The Morgan fingerprint density at radius 3 is 2.68 bits per heavy atom. The predicted octanol–water partition coefficient (Wildman–Crippen LogP) is 3.67. The molecule has 0 radical (unpaired) electrons. The summed E-state index contributed by atoms with van der Waals surface area (Å²) in [7, 11) is 1.31. The van der Waals surface area contributed by atoms with Gasteiger partial charge in [-0.25, -0.2) is 14.2 Å². The summed E-state index contributed by atoms with van der Waals surface area (Å²) >= 11 is 1.37. The Labute approximate surface area is 200 Å². The van der Waals surface area contributed by atoms with E-state index < -0.39 is 5.97 Å². The molecule has 1 fully saturated rings. The lowest BCUT2D eigenvalue weighted by atomic mass is 10.1. The molecule has 34 heavy (non-hydrogen) atoms. The Kier molecular flexibility index (Phi) is 7.71. The molecule has 1 saturated heterocycles. The molecule has 10 heteroatoms. The first kappa shape index (κ1) is 23.7. The third kappa shape index (κ3) is 6.09. The highest BCUT2D eigenvalue weighted by atomic mass is 32.1. The van der Waals surface area contributed by atoms with Gasteiger partial charge in [0, 0.05) is 24.2 Å². The maximum absolute atomic E-state index is 13.0. The van der Waals surface area contributed by atoms with E-state index in [-0.39, 0.29) is 30.3 Å². The lowest BCUT2D eigenvalue weighted by molar-refractivity contribution is -0.115. The minimum absolute atomic E-state index is 0.0406. The highest BCUT2D eigenvalue weighted by Crippen LogP contribution is 2.25. The van der Waals surface area contributed by atoms with E-state index in [0.29, 0.717) is 35.4 Å². The van der Waals surface area contributed by atoms with Crippen molar-refractivity contribution in [2.45, 2.75) is 13.0 Å². The Morgan fingerprint density at radius 1 is 1.18 bits per heavy atom. The molecule has 1 aliphatic rings. The van der Waals surface area contributed by atoms with E-state index >= 15 is 0 Å². The third-order valence-corrected chi connectivity index (χ3v) is 6.05. The monoisotopic (exact) mass is 485 g/mol. The van der Waals surface area contributed by atoms with E-state index in [4.69, 9.17) is 14.2 Å². The summed E-state index contributed by atoms with van der Waals surface area (Å²) < 4.78 is 28.9. The van der Waals surface area contributed by atoms with Crippen molar-refractivity contribution in [2.24, 2.45) is 0 Å². The molecule has 2 heterocycles. The van der Waals surface area contributed by atoms with E-state index in [9.17, 15) is 14.0 Å². The number of esters is 1. The number of methoxy groups -OCH3 is 1. The van der Waals surface area contributed by atoms with Crippen LogP contribution in [0.3, 0.4) is 0 Å². The minimum atomic E-state index is -0.528. The molecule has 0 atom stereocenters. The molecule has 0 aliphatic carbocycles. The lowest BCUT2D eigenvalue weighted by Crippen LogP contribution is -2.36. The van der Waals surface area contributed by atoms with Gasteiger partial charge in [0.05, 0.1) is 43.7 Å². The summed E-state index contributed by atoms with van der Waals surface area (Å²) in [6.45, 7) is 2.91. The molecule has 0 unspecified atom stereocenters. The normalized spacial score (nSPS) is 13.4. The van der Waals surface area contributed by atoms with Crippen LogP contribution in [0.4, 0.5) is 15.8 Å². The number of ether oxygens (including phenoxy) is 3. The van der Waals surface area contributed by atoms with Gasteiger partial charge < -0.3 is 24.4 Å². The van der Waals surface area contributed by atoms with Crippen LogP contribution in [0.25, 0.3) is 0 Å². The smallest absolute Gasteiger partial charge is 0.340 e. The van der Waals surface area contributed by atoms with Crippen LogP contribution in [-0.4, -0.2) is 50.3 Å². The summed E-state index contributed by atoms with van der Waals surface area (Å²) in [6.07, 6.45) is 0.0406. The number of benzene rings is 2. The fourth-order valence-corrected chi connectivity index (χ4v) is 4.17. The summed E-state index contributed by atoms with van der Waals surface area (Å²) in [5, 5.41) is 5.27. The van der Waals surface area contributed by atoms with Crippen LogP contribution in [0.5, 0.6) is 5.75 Å². The average molecular weight is 486 g/mol. The topological polar surface area (TPSA) is 90.0 Å². The zero-order chi connectivity index (χ0) is 23.9. The van der Waals surface area contributed by atoms with E-state index in [1.807, 2.05) is 6.07 Å². The molecular weight excluding hydrogens is 461 g/mol. The predicted molar refractivity (Wildman–Crippen MR) is 126 cm³/mol. The molecular formula is C24H24FN3O5S. The number of rotatable bonds is 8. The number of aromatic nitrogens is 1. The summed E-state index contributed by atoms with van der Waals surface area (Å²) in [6, 6.07) is 11.0. The van der Waals surface area contributed by atoms with Crippen molar-refractivity contribution < 1.29 is 28.2 Å². The number of nitrogens with zero attached hydrogens (tertiary/aromatic N) is 2. The van der Waals surface area contributed by atoms with Gasteiger partial charge >= 0.3 is 5.97 Å². The van der Waals surface area contributed by atoms with Crippen LogP contribution < -0.4 is 15.0 Å². The van der Waals surface area contributed by atoms with Gasteiger partial charge in [-0.3, -0.25) is 4.79 Å². The molecule has 0 bridgehead atoms. The molecule has 0 saturated carbocycles. The van der Waals surface area contributed by atoms with Crippen molar-refractivity contribution in [3.05, 3.63) is 69.9 Å². The van der Waals surface area contributed by atoms with Gasteiger partial charge in [-0.05, 0) is 42.5 Å². The number of hydrogen-bond acceptors (Lipinski definition) is 8. The molecule has 3 aromatic rings. The van der Waals surface area contributed by atoms with Crippen molar-refractivity contribution in [3.8, 4) is 5.75 Å². The van der Waals surface area contributed by atoms with Crippen LogP contribution in [0, 0.1) is 5.82 Å². The quantitative estimate of drug-likeness (QED) is 0.487. The summed E-state index contributed by atoms with van der Waals surface area (Å²) in [4.78, 5) is 31.6. The largest absolute Gasteiger partial charge is 0.486 e. The molecule has 4 rings (SSSR count). The molecule has 2 aromatic carbocycles. The number of amides is 1. The van der Waals surface area contributed by atoms with E-state index in [1.165, 1.54) is 30.6 Å². The second kappa shape index (κ2) is 11.1. The number of thiazole rings is 1. The fourth-order valence-electron chi connectivity index (χ4n) is 3.47. The number of hydrogen-bond donors (Lipinski definition) is 1. The number of morpholine rings is 1. The standard InChI is InChI=1S/C24H24FN3O5S/c1-31-24(30)20-13-18(28-8-10-32-11-9-28)4-7-21(20)27-22(29)12-17-15-34-23(26-17)14-33-19-5-2-16(25)3-6-19/h2-7,13,15H,8-12,14H2,1H3,(H,27,29). The van der Waals surface area contributed by atoms with Gasteiger partial charge in [0.1, 0.15) is 23.2 Å². The number of carbonyl (C=O) groups excluding carboxylic acids is 2. The van der Waals surface area contributed by atoms with E-state index in [0.717, 1.165) is 18.8 Å². The maximum atomic E-state index is 13.0. The third-order valence-electron chi connectivity index (χ3n) is 5.18. The van der Waals surface area contributed by atoms with Gasteiger partial charge in [0.15, 0.2) is 0 Å². The van der Waals surface area contributed by atoms with Crippen LogP contribution in [0.1, 0.15) is 21.1 Å². The van der Waals surface area contributed by atoms with Crippen molar-refractivity contribution in [1.29, 1.82) is 0 Å². The second-order valence-electron chi connectivity index (χ2n) is 7.52. The lowest BCUT2D eigenvalue weighted by Gasteiger charge is -2.29. The zero-order valence-electron chi connectivity index (χ0n) is 18.6. The first-order chi connectivity index (χ1) is 16.5. The number of carbonyl (C=O) groups is 2. The Bertz CT molecular complexity index is 1150. The van der Waals surface area contributed by atoms with Crippen LogP contribution >= 0.6 is 11.3 Å². The number of nitrogens with one attached hydrogen (secondary N) is 1. The Balaban J connectivity index is 1.38. The number of anilines is 2. The molecule has 8 nitrogen and oxygen atoms in total. The molecule has 1 aromatic heterocycles. The van der Waals surface area contributed by atoms with Crippen molar-refractivity contribution in [2.75, 3.05) is 43.6 Å². The Hall–Kier alpha value is -3.50. The van der Waals surface area contributed by atoms with Crippen molar-refractivity contribution in [1.82, 2.24) is 4.98 Å². The van der Waals surface area contributed by atoms with Gasteiger partial charge in [-0.15, -0.1) is 11.3 Å². The number of halogens is 1. The van der Waals surface area contributed by atoms with Gasteiger partial charge in [0.25, 0.3) is 0 Å². The second-order valence-corrected chi connectivity index (χ2v) is 8.46. The zero-order valence-corrected chi connectivity index (χ0v) is 19.4. The first-order valence-electron chi connectivity index (χ1n) is 10.7. The molecule has 178 valence electrons. The highest BCUT2D eigenvalue weighted by Gasteiger charge is 2.19. The highest BCUT2D eigenvalue weighted by molar-refractivity contribution is 7.09. The van der Waals surface area contributed by atoms with Gasteiger partial charge in [0.2, 0.25) is 5.91 Å². The van der Waals surface area contributed by atoms with Gasteiger partial charge in [-0.2, -0.15) is 0 Å². The summed E-state index contributed by atoms with van der Waals surface area (Å²) in [5.74, 6) is -0.632. The van der Waals surface area contributed by atoms with Crippen LogP contribution in [0.2, 0.25) is 0 Å². The molecule has 1 N–H and O–H groups in total. The molecule has 0 spiro atoms. The fraction of sp³-hybridized carbons (Fsp3) is 0.292. The van der Waals surface area contributed by atoms with E-state index in [2.05, 4.69) is 15.2 Å². The van der Waals surface area contributed by atoms with Crippen molar-refractivity contribution in [3.63, 3.8) is 0 Å². The first-order valence-corrected chi connectivity index (χ1v) is 11.6. The van der Waals surface area contributed by atoms with Crippen LogP contribution in [-0.2, 0) is 27.3 Å². The maximum Gasteiger partial charge on any atom is 0.340 e. The summed E-state index contributed by atoms with van der Waals surface area (Å²) in [5.41, 5.74) is 2.12. The SMILES string of the molecule is COC(=O)c1cc(N2CCOCC2)ccc1NC(=O)Cc1csc(COc2ccc(F)cc2)n1. The van der Waals surface area contributed by atoms with E-state index in [1.54, 1.807) is 29.6 Å².